The van der Waals surface area contributed by atoms with Gasteiger partial charge in [0.2, 0.25) is 10.0 Å². The molecule has 9 heteroatoms. The number of sulfonamides is 1. The van der Waals surface area contributed by atoms with E-state index in [1.807, 2.05) is 0 Å². The molecule has 0 heterocycles. The predicted octanol–water partition coefficient (Wildman–Crippen LogP) is 0.618. The quantitative estimate of drug-likeness (QED) is 0.633. The van der Waals surface area contributed by atoms with E-state index < -0.39 is 42.4 Å². The Kier molecular flexibility index (Phi) is 6.83. The van der Waals surface area contributed by atoms with Crippen molar-refractivity contribution in [3.63, 3.8) is 0 Å². The second-order valence-electron chi connectivity index (χ2n) is 6.24. The molecule has 126 valence electrons. The molecule has 0 amide bonds. The predicted molar refractivity (Wildman–Crippen MR) is 81.3 cm³/mol. The van der Waals surface area contributed by atoms with Crippen LogP contribution in [0.25, 0.3) is 0 Å². The fourth-order valence-corrected chi connectivity index (χ4v) is 3.64. The molecule has 0 spiro atoms. The van der Waals surface area contributed by atoms with E-state index in [0.717, 1.165) is 6.26 Å². The molecule has 21 heavy (non-hydrogen) atoms. The Bertz CT molecular complexity index is 563. The zero-order valence-corrected chi connectivity index (χ0v) is 14.7. The van der Waals surface area contributed by atoms with Crippen LogP contribution in [0.1, 0.15) is 40.5 Å². The number of hydrogen-bond donors (Lipinski definition) is 2. The first-order valence-corrected chi connectivity index (χ1v) is 10.1. The highest BCUT2D eigenvalue weighted by molar-refractivity contribution is 7.92. The molecular weight excluding hydrogens is 318 g/mol. The number of hydrogen-bond acceptors (Lipinski definition) is 5. The van der Waals surface area contributed by atoms with Crippen LogP contribution in [-0.4, -0.2) is 50.7 Å². The molecular formula is C12H25NO6S2. The van der Waals surface area contributed by atoms with Gasteiger partial charge in [-0.05, 0) is 32.6 Å². The summed E-state index contributed by atoms with van der Waals surface area (Å²) in [4.78, 5) is 11.1. The van der Waals surface area contributed by atoms with Gasteiger partial charge in [-0.2, -0.15) is 0 Å². The zero-order valence-electron chi connectivity index (χ0n) is 13.1. The molecule has 1 atom stereocenters. The van der Waals surface area contributed by atoms with Crippen LogP contribution in [0.15, 0.2) is 0 Å². The van der Waals surface area contributed by atoms with Crippen molar-refractivity contribution in [1.29, 1.82) is 0 Å². The van der Waals surface area contributed by atoms with Gasteiger partial charge in [0, 0.05) is 6.26 Å². The minimum atomic E-state index is -3.86. The third kappa shape index (κ3) is 7.23. The summed E-state index contributed by atoms with van der Waals surface area (Å²) in [5, 5.41) is 9.02. The molecule has 0 aromatic rings. The van der Waals surface area contributed by atoms with E-state index in [4.69, 9.17) is 5.11 Å². The smallest absolute Gasteiger partial charge is 0.321 e. The molecule has 0 aromatic heterocycles. The molecule has 0 saturated heterocycles. The van der Waals surface area contributed by atoms with E-state index in [9.17, 15) is 21.6 Å². The fraction of sp³-hybridized carbons (Fsp3) is 0.917. The summed E-state index contributed by atoms with van der Waals surface area (Å²) in [5.74, 6) is -1.66. The Morgan fingerprint density at radius 1 is 1.19 bits per heavy atom. The lowest BCUT2D eigenvalue weighted by Gasteiger charge is -2.23. The van der Waals surface area contributed by atoms with Crippen LogP contribution in [0.5, 0.6) is 0 Å². The third-order valence-electron chi connectivity index (χ3n) is 3.30. The molecule has 0 unspecified atom stereocenters. The lowest BCUT2D eigenvalue weighted by molar-refractivity contribution is -0.139. The molecule has 0 aromatic carbocycles. The van der Waals surface area contributed by atoms with E-state index in [0.29, 0.717) is 0 Å². The standard InChI is InChI=1S/C12H25NO6S2/c1-9(2)8-10(11(14)15)13-21(18,19)7-6-12(3,4)20(5,16)17/h9-10,13H,6-8H2,1-5H3,(H,14,15)/t10-/m0/s1. The molecule has 2 N–H and O–H groups in total. The monoisotopic (exact) mass is 343 g/mol. The average Bonchev–Trinajstić information content (AvgIpc) is 2.23. The Balaban J connectivity index is 4.89. The summed E-state index contributed by atoms with van der Waals surface area (Å²) in [6.45, 7) is 6.47. The van der Waals surface area contributed by atoms with Gasteiger partial charge in [-0.1, -0.05) is 13.8 Å². The third-order valence-corrected chi connectivity index (χ3v) is 6.90. The zero-order chi connectivity index (χ0) is 17.1. The van der Waals surface area contributed by atoms with Crippen LogP contribution in [-0.2, 0) is 24.7 Å². The number of aliphatic carboxylic acids is 1. The maximum absolute atomic E-state index is 11.9. The Morgan fingerprint density at radius 2 is 1.67 bits per heavy atom. The van der Waals surface area contributed by atoms with Crippen LogP contribution in [0.4, 0.5) is 0 Å². The highest BCUT2D eigenvalue weighted by Gasteiger charge is 2.33. The van der Waals surface area contributed by atoms with E-state index in [1.165, 1.54) is 13.8 Å². The van der Waals surface area contributed by atoms with Crippen LogP contribution < -0.4 is 4.72 Å². The van der Waals surface area contributed by atoms with Crippen LogP contribution in [0.3, 0.4) is 0 Å². The van der Waals surface area contributed by atoms with Crippen LogP contribution >= 0.6 is 0 Å². The van der Waals surface area contributed by atoms with Crippen molar-refractivity contribution in [3.8, 4) is 0 Å². The summed E-state index contributed by atoms with van der Waals surface area (Å²) in [6.07, 6.45) is 1.12. The Hall–Kier alpha value is -0.670. The van der Waals surface area contributed by atoms with Crippen molar-refractivity contribution in [3.05, 3.63) is 0 Å². The number of carbonyl (C=O) groups is 1. The van der Waals surface area contributed by atoms with E-state index in [-0.39, 0.29) is 18.8 Å². The summed E-state index contributed by atoms with van der Waals surface area (Å²) in [7, 11) is -7.26. The first kappa shape index (κ1) is 20.3. The maximum atomic E-state index is 11.9. The minimum Gasteiger partial charge on any atom is -0.480 e. The van der Waals surface area contributed by atoms with Gasteiger partial charge in [0.15, 0.2) is 9.84 Å². The second kappa shape index (κ2) is 7.06. The normalized spacial score (nSPS) is 15.1. The van der Waals surface area contributed by atoms with Gasteiger partial charge in [-0.15, -0.1) is 0 Å². The summed E-state index contributed by atoms with van der Waals surface area (Å²) < 4.78 is 47.9. The van der Waals surface area contributed by atoms with Crippen molar-refractivity contribution in [1.82, 2.24) is 4.72 Å². The van der Waals surface area contributed by atoms with E-state index in [1.54, 1.807) is 13.8 Å². The van der Waals surface area contributed by atoms with Gasteiger partial charge >= 0.3 is 5.97 Å². The van der Waals surface area contributed by atoms with E-state index in [2.05, 4.69) is 4.72 Å². The van der Waals surface area contributed by atoms with Crippen molar-refractivity contribution >= 4 is 25.8 Å². The fourth-order valence-electron chi connectivity index (χ4n) is 1.51. The largest absolute Gasteiger partial charge is 0.480 e. The first-order chi connectivity index (χ1) is 9.18. The first-order valence-electron chi connectivity index (χ1n) is 6.60. The van der Waals surface area contributed by atoms with Gasteiger partial charge in [-0.25, -0.2) is 21.6 Å². The molecule has 0 rings (SSSR count). The molecule has 0 radical (unpaired) electrons. The molecule has 0 aliphatic heterocycles. The highest BCUT2D eigenvalue weighted by Crippen LogP contribution is 2.20. The molecule has 0 aliphatic rings. The van der Waals surface area contributed by atoms with Gasteiger partial charge in [0.05, 0.1) is 10.5 Å². The van der Waals surface area contributed by atoms with Crippen molar-refractivity contribution in [2.45, 2.75) is 51.3 Å². The topological polar surface area (TPSA) is 118 Å². The number of carboxylic acids is 1. The van der Waals surface area contributed by atoms with E-state index >= 15 is 0 Å². The number of rotatable bonds is 9. The molecule has 0 fully saturated rings. The molecule has 0 bridgehead atoms. The summed E-state index contributed by atoms with van der Waals surface area (Å²) in [5.41, 5.74) is 0. The van der Waals surface area contributed by atoms with Gasteiger partial charge in [0.25, 0.3) is 0 Å². The molecule has 7 nitrogen and oxygen atoms in total. The van der Waals surface area contributed by atoms with Crippen LogP contribution in [0.2, 0.25) is 0 Å². The number of sulfone groups is 1. The van der Waals surface area contributed by atoms with Crippen molar-refractivity contribution in [2.75, 3.05) is 12.0 Å². The minimum absolute atomic E-state index is 0.0151. The summed E-state index contributed by atoms with van der Waals surface area (Å²) >= 11 is 0. The second-order valence-corrected chi connectivity index (χ2v) is 10.8. The number of nitrogens with one attached hydrogen (secondary N) is 1. The maximum Gasteiger partial charge on any atom is 0.321 e. The van der Waals surface area contributed by atoms with Crippen molar-refractivity contribution < 1.29 is 26.7 Å². The lowest BCUT2D eigenvalue weighted by atomic mass is 10.1. The van der Waals surface area contributed by atoms with Gasteiger partial charge in [0.1, 0.15) is 6.04 Å². The van der Waals surface area contributed by atoms with Gasteiger partial charge in [-0.3, -0.25) is 4.79 Å². The van der Waals surface area contributed by atoms with Crippen LogP contribution in [0, 0.1) is 5.92 Å². The average molecular weight is 343 g/mol. The van der Waals surface area contributed by atoms with Gasteiger partial charge < -0.3 is 5.11 Å². The molecule has 0 saturated carbocycles. The summed E-state index contributed by atoms with van der Waals surface area (Å²) in [6, 6.07) is -1.20. The Labute approximate surface area is 127 Å². The lowest BCUT2D eigenvalue weighted by Crippen LogP contribution is -2.44. The number of carboxylic acid groups (broad SMARTS) is 1. The SMILES string of the molecule is CC(C)C[C@H](NS(=O)(=O)CCC(C)(C)S(C)(=O)=O)C(=O)O. The molecule has 0 aliphatic carbocycles. The Morgan fingerprint density at radius 3 is 2.00 bits per heavy atom. The van der Waals surface area contributed by atoms with Crippen molar-refractivity contribution in [2.24, 2.45) is 5.92 Å². The highest BCUT2D eigenvalue weighted by atomic mass is 32.2.